The first-order valence-corrected chi connectivity index (χ1v) is 13.0. The highest BCUT2D eigenvalue weighted by molar-refractivity contribution is 8.18. The van der Waals surface area contributed by atoms with Crippen molar-refractivity contribution in [2.75, 3.05) is 6.61 Å². The zero-order chi connectivity index (χ0) is 25.7. The lowest BCUT2D eigenvalue weighted by Gasteiger charge is -2.19. The molecular weight excluding hydrogens is 468 g/mol. The molecule has 6 heteroatoms. The van der Waals surface area contributed by atoms with E-state index in [1.807, 2.05) is 88.4 Å². The standard InChI is InChI=1S/C30H32N2O3S/c1-6-34-27-17-23(12-15-26(27)35-19-24-9-7-8-22(5)16-24)18-28-29(33)32(20(2)3)30(36-28)31-25-13-10-21(4)11-14-25/h7-18,20H,6,19H2,1-5H3/b28-18+,31-30?. The minimum Gasteiger partial charge on any atom is -0.490 e. The Morgan fingerprint density at radius 3 is 2.42 bits per heavy atom. The van der Waals surface area contributed by atoms with Crippen LogP contribution in [-0.4, -0.2) is 28.6 Å². The summed E-state index contributed by atoms with van der Waals surface area (Å²) in [6, 6.07) is 22.0. The largest absolute Gasteiger partial charge is 0.490 e. The lowest BCUT2D eigenvalue weighted by Crippen LogP contribution is -2.35. The number of benzene rings is 3. The fourth-order valence-corrected chi connectivity index (χ4v) is 4.99. The number of carbonyl (C=O) groups excluding carboxylic acids is 1. The lowest BCUT2D eigenvalue weighted by molar-refractivity contribution is -0.123. The second-order valence-electron chi connectivity index (χ2n) is 9.03. The van der Waals surface area contributed by atoms with Crippen molar-refractivity contribution in [1.29, 1.82) is 0 Å². The van der Waals surface area contributed by atoms with Gasteiger partial charge < -0.3 is 9.47 Å². The Bertz CT molecular complexity index is 1300. The molecule has 0 unspecified atom stereocenters. The molecule has 0 atom stereocenters. The van der Waals surface area contributed by atoms with Gasteiger partial charge >= 0.3 is 0 Å². The minimum absolute atomic E-state index is 0.00326. The van der Waals surface area contributed by atoms with E-state index >= 15 is 0 Å². The Morgan fingerprint density at radius 1 is 0.944 bits per heavy atom. The SMILES string of the molecule is CCOc1cc(/C=C2/SC(=Nc3ccc(C)cc3)N(C(C)C)C2=O)ccc1OCc1cccc(C)c1. The molecule has 0 bridgehead atoms. The minimum atomic E-state index is -0.0430. The van der Waals surface area contributed by atoms with E-state index in [9.17, 15) is 4.79 Å². The average molecular weight is 501 g/mol. The predicted octanol–water partition coefficient (Wildman–Crippen LogP) is 7.29. The van der Waals surface area contributed by atoms with E-state index in [4.69, 9.17) is 14.5 Å². The van der Waals surface area contributed by atoms with Crippen molar-refractivity contribution in [2.45, 2.75) is 47.3 Å². The number of carbonyl (C=O) groups is 1. The topological polar surface area (TPSA) is 51.1 Å². The Hall–Kier alpha value is -3.51. The molecule has 1 saturated heterocycles. The number of amidine groups is 1. The number of thioether (sulfide) groups is 1. The first kappa shape index (κ1) is 25.6. The monoisotopic (exact) mass is 500 g/mol. The number of amides is 1. The molecule has 0 radical (unpaired) electrons. The van der Waals surface area contributed by atoms with Crippen LogP contribution in [0, 0.1) is 13.8 Å². The fourth-order valence-electron chi connectivity index (χ4n) is 3.87. The molecular formula is C30H32N2O3S. The highest BCUT2D eigenvalue weighted by atomic mass is 32.2. The molecule has 5 nitrogen and oxygen atoms in total. The molecule has 0 aromatic heterocycles. The summed E-state index contributed by atoms with van der Waals surface area (Å²) >= 11 is 1.40. The summed E-state index contributed by atoms with van der Waals surface area (Å²) in [5, 5.41) is 0.688. The number of ether oxygens (including phenoxy) is 2. The molecule has 186 valence electrons. The summed E-state index contributed by atoms with van der Waals surface area (Å²) in [5.74, 6) is 1.29. The van der Waals surface area contributed by atoms with Crippen LogP contribution in [0.2, 0.25) is 0 Å². The molecule has 3 aromatic carbocycles. The molecule has 1 aliphatic heterocycles. The van der Waals surface area contributed by atoms with Gasteiger partial charge in [0.25, 0.3) is 5.91 Å². The summed E-state index contributed by atoms with van der Waals surface area (Å²) in [7, 11) is 0. The second kappa shape index (κ2) is 11.5. The van der Waals surface area contributed by atoms with Crippen LogP contribution >= 0.6 is 11.8 Å². The number of nitrogens with zero attached hydrogens (tertiary/aromatic N) is 2. The van der Waals surface area contributed by atoms with Gasteiger partial charge in [-0.3, -0.25) is 9.69 Å². The molecule has 36 heavy (non-hydrogen) atoms. The van der Waals surface area contributed by atoms with Crippen molar-refractivity contribution in [2.24, 2.45) is 4.99 Å². The van der Waals surface area contributed by atoms with Gasteiger partial charge in [-0.05, 0) is 87.8 Å². The normalized spacial score (nSPS) is 15.8. The zero-order valence-electron chi connectivity index (χ0n) is 21.4. The van der Waals surface area contributed by atoms with Crippen LogP contribution in [0.4, 0.5) is 5.69 Å². The van der Waals surface area contributed by atoms with Crippen molar-refractivity contribution in [1.82, 2.24) is 4.90 Å². The van der Waals surface area contributed by atoms with Gasteiger partial charge in [0, 0.05) is 6.04 Å². The van der Waals surface area contributed by atoms with E-state index < -0.39 is 0 Å². The fraction of sp³-hybridized carbons (Fsp3) is 0.267. The van der Waals surface area contributed by atoms with Gasteiger partial charge in [-0.2, -0.15) is 0 Å². The van der Waals surface area contributed by atoms with Crippen molar-refractivity contribution in [3.05, 3.63) is 93.9 Å². The summed E-state index contributed by atoms with van der Waals surface area (Å²) in [5.41, 5.74) is 5.18. The number of rotatable bonds is 8. The lowest BCUT2D eigenvalue weighted by atomic mass is 10.1. The first-order chi connectivity index (χ1) is 17.3. The highest BCUT2D eigenvalue weighted by Gasteiger charge is 2.35. The van der Waals surface area contributed by atoms with E-state index in [1.165, 1.54) is 22.9 Å². The molecule has 0 saturated carbocycles. The van der Waals surface area contributed by atoms with Crippen molar-refractivity contribution in [3.8, 4) is 11.5 Å². The smallest absolute Gasteiger partial charge is 0.266 e. The van der Waals surface area contributed by atoms with E-state index in [0.717, 1.165) is 16.8 Å². The summed E-state index contributed by atoms with van der Waals surface area (Å²) in [6.07, 6.45) is 1.90. The van der Waals surface area contributed by atoms with Gasteiger partial charge in [0.15, 0.2) is 16.7 Å². The van der Waals surface area contributed by atoms with Gasteiger partial charge in [0.1, 0.15) is 6.61 Å². The number of hydrogen-bond acceptors (Lipinski definition) is 5. The number of aliphatic imine (C=N–C) groups is 1. The van der Waals surface area contributed by atoms with Gasteiger partial charge in [0.05, 0.1) is 17.2 Å². The van der Waals surface area contributed by atoms with Crippen LogP contribution in [0.5, 0.6) is 11.5 Å². The number of hydrogen-bond donors (Lipinski definition) is 0. The Balaban J connectivity index is 1.58. The second-order valence-corrected chi connectivity index (χ2v) is 10.0. The molecule has 1 heterocycles. The summed E-state index contributed by atoms with van der Waals surface area (Å²) in [6.45, 7) is 11.0. The number of aryl methyl sites for hydroxylation is 2. The Kier molecular flexibility index (Phi) is 8.16. The van der Waals surface area contributed by atoms with Crippen LogP contribution in [0.25, 0.3) is 6.08 Å². The predicted molar refractivity (Wildman–Crippen MR) is 149 cm³/mol. The van der Waals surface area contributed by atoms with Crippen LogP contribution in [0.3, 0.4) is 0 Å². The maximum atomic E-state index is 13.3. The summed E-state index contributed by atoms with van der Waals surface area (Å²) in [4.78, 5) is 20.4. The molecule has 0 N–H and O–H groups in total. The van der Waals surface area contributed by atoms with Crippen molar-refractivity contribution >= 4 is 34.6 Å². The average Bonchev–Trinajstić information content (AvgIpc) is 3.15. The van der Waals surface area contributed by atoms with Gasteiger partial charge in [-0.15, -0.1) is 0 Å². The molecule has 3 aromatic rings. The quantitative estimate of drug-likeness (QED) is 0.305. The van der Waals surface area contributed by atoms with Crippen LogP contribution in [0.1, 0.15) is 43.0 Å². The van der Waals surface area contributed by atoms with E-state index in [2.05, 4.69) is 19.1 Å². The molecule has 0 spiro atoms. The van der Waals surface area contributed by atoms with Gasteiger partial charge in [-0.25, -0.2) is 4.99 Å². The Morgan fingerprint density at radius 2 is 1.72 bits per heavy atom. The maximum Gasteiger partial charge on any atom is 0.266 e. The van der Waals surface area contributed by atoms with Crippen molar-refractivity contribution in [3.63, 3.8) is 0 Å². The summed E-state index contributed by atoms with van der Waals surface area (Å²) < 4.78 is 11.9. The van der Waals surface area contributed by atoms with Crippen LogP contribution in [0.15, 0.2) is 76.6 Å². The highest BCUT2D eigenvalue weighted by Crippen LogP contribution is 2.37. The van der Waals surface area contributed by atoms with Gasteiger partial charge in [0.2, 0.25) is 0 Å². The molecule has 0 aliphatic carbocycles. The van der Waals surface area contributed by atoms with Gasteiger partial charge in [-0.1, -0.05) is 53.6 Å². The van der Waals surface area contributed by atoms with Crippen LogP contribution in [-0.2, 0) is 11.4 Å². The third-order valence-corrected chi connectivity index (χ3v) is 6.64. The van der Waals surface area contributed by atoms with Crippen LogP contribution < -0.4 is 9.47 Å². The maximum absolute atomic E-state index is 13.3. The first-order valence-electron chi connectivity index (χ1n) is 12.2. The third kappa shape index (κ3) is 6.18. The molecule has 1 fully saturated rings. The zero-order valence-corrected chi connectivity index (χ0v) is 22.3. The van der Waals surface area contributed by atoms with E-state index in [-0.39, 0.29) is 11.9 Å². The molecule has 4 rings (SSSR count). The third-order valence-electron chi connectivity index (χ3n) is 5.65. The molecule has 1 amide bonds. The van der Waals surface area contributed by atoms with E-state index in [1.54, 1.807) is 4.90 Å². The van der Waals surface area contributed by atoms with Crippen molar-refractivity contribution < 1.29 is 14.3 Å². The van der Waals surface area contributed by atoms with E-state index in [0.29, 0.717) is 34.8 Å². The molecule has 1 aliphatic rings. The Labute approximate surface area is 217 Å².